The largest absolute Gasteiger partial charge is 0.411 e. The van der Waals surface area contributed by atoms with Crippen molar-refractivity contribution in [3.8, 4) is 11.5 Å². The molecule has 0 radical (unpaired) electrons. The topological polar surface area (TPSA) is 137 Å². The molecule has 3 aromatic heterocycles. The van der Waals surface area contributed by atoms with E-state index in [0.717, 1.165) is 34.9 Å². The van der Waals surface area contributed by atoms with E-state index in [1.807, 2.05) is 0 Å². The van der Waals surface area contributed by atoms with Gasteiger partial charge >= 0.3 is 5.00 Å². The van der Waals surface area contributed by atoms with Crippen LogP contribution in [0, 0.1) is 10.1 Å². The number of carbonyl (C=O) groups excluding carboxylic acids is 1. The molecule has 24 heavy (non-hydrogen) atoms. The number of nitrogens with one attached hydrogen (secondary N) is 1. The Labute approximate surface area is 142 Å². The Balaban J connectivity index is 1.54. The summed E-state index contributed by atoms with van der Waals surface area (Å²) >= 11 is 1.84. The van der Waals surface area contributed by atoms with Crippen LogP contribution in [-0.4, -0.2) is 36.7 Å². The van der Waals surface area contributed by atoms with Crippen molar-refractivity contribution < 1.29 is 14.1 Å². The molecule has 0 fully saturated rings. The fraction of sp³-hybridized carbons (Fsp3) is 0.0833. The lowest BCUT2D eigenvalue weighted by molar-refractivity contribution is -0.380. The van der Waals surface area contributed by atoms with Gasteiger partial charge in [-0.2, -0.15) is 0 Å². The molecule has 0 aromatic carbocycles. The Morgan fingerprint density at radius 1 is 1.38 bits per heavy atom. The minimum absolute atomic E-state index is 0.00531. The van der Waals surface area contributed by atoms with Crippen molar-refractivity contribution in [1.82, 2.24) is 20.2 Å². The molecule has 0 aliphatic rings. The Morgan fingerprint density at radius 2 is 2.17 bits per heavy atom. The maximum Gasteiger partial charge on any atom is 0.345 e. The third-order valence-corrected chi connectivity index (χ3v) is 4.26. The highest BCUT2D eigenvalue weighted by Gasteiger charge is 2.15. The lowest BCUT2D eigenvalue weighted by Gasteiger charge is -1.98. The van der Waals surface area contributed by atoms with Gasteiger partial charge in [0, 0.05) is 18.0 Å². The SMILES string of the molecule is O=C(CSc1nnc(-c2ccncc2)o1)Nc1ncc([N+](=O)[O-])s1. The number of rotatable bonds is 6. The van der Waals surface area contributed by atoms with Gasteiger partial charge in [-0.25, -0.2) is 4.98 Å². The number of carbonyl (C=O) groups is 1. The van der Waals surface area contributed by atoms with E-state index in [-0.39, 0.29) is 27.0 Å². The molecule has 3 aromatic rings. The number of anilines is 1. The second kappa shape index (κ2) is 7.14. The predicted octanol–water partition coefficient (Wildman–Crippen LogP) is 2.23. The lowest BCUT2D eigenvalue weighted by Crippen LogP contribution is -2.13. The fourth-order valence-electron chi connectivity index (χ4n) is 1.57. The smallest absolute Gasteiger partial charge is 0.345 e. The first kappa shape index (κ1) is 16.0. The van der Waals surface area contributed by atoms with Crippen molar-refractivity contribution in [2.24, 2.45) is 0 Å². The minimum atomic E-state index is -0.568. The van der Waals surface area contributed by atoms with E-state index < -0.39 is 4.92 Å². The molecule has 0 aliphatic carbocycles. The average Bonchev–Trinajstić information content (AvgIpc) is 3.23. The zero-order valence-electron chi connectivity index (χ0n) is 11.8. The molecule has 1 N–H and O–H groups in total. The summed E-state index contributed by atoms with van der Waals surface area (Å²) in [4.78, 5) is 29.4. The summed E-state index contributed by atoms with van der Waals surface area (Å²) in [5.41, 5.74) is 0.726. The van der Waals surface area contributed by atoms with Crippen LogP contribution in [0.5, 0.6) is 0 Å². The van der Waals surface area contributed by atoms with Crippen molar-refractivity contribution in [1.29, 1.82) is 0 Å². The van der Waals surface area contributed by atoms with Crippen molar-refractivity contribution in [3.05, 3.63) is 40.8 Å². The van der Waals surface area contributed by atoms with Gasteiger partial charge in [0.15, 0.2) is 5.13 Å². The number of thioether (sulfide) groups is 1. The second-order valence-corrected chi connectivity index (χ2v) is 6.14. The molecule has 0 saturated carbocycles. The van der Waals surface area contributed by atoms with E-state index in [4.69, 9.17) is 4.42 Å². The first-order valence-corrected chi connectivity index (χ1v) is 8.19. The van der Waals surface area contributed by atoms with Crippen LogP contribution in [-0.2, 0) is 4.79 Å². The Bertz CT molecular complexity index is 865. The highest BCUT2D eigenvalue weighted by Crippen LogP contribution is 2.26. The van der Waals surface area contributed by atoms with Crippen LogP contribution in [0.4, 0.5) is 10.1 Å². The fourth-order valence-corrected chi connectivity index (χ4v) is 2.78. The summed E-state index contributed by atoms with van der Waals surface area (Å²) in [6, 6.07) is 3.45. The van der Waals surface area contributed by atoms with Gasteiger partial charge in [0.05, 0.1) is 10.7 Å². The normalized spacial score (nSPS) is 10.5. The van der Waals surface area contributed by atoms with E-state index in [9.17, 15) is 14.9 Å². The van der Waals surface area contributed by atoms with Crippen LogP contribution in [0.3, 0.4) is 0 Å². The maximum absolute atomic E-state index is 11.8. The first-order valence-electron chi connectivity index (χ1n) is 6.38. The van der Waals surface area contributed by atoms with Crippen molar-refractivity contribution in [2.45, 2.75) is 5.22 Å². The number of hydrogen-bond acceptors (Lipinski definition) is 10. The summed E-state index contributed by atoms with van der Waals surface area (Å²) in [5.74, 6) is -0.0468. The quantitative estimate of drug-likeness (QED) is 0.396. The monoisotopic (exact) mass is 364 g/mol. The molecule has 0 atom stereocenters. The van der Waals surface area contributed by atoms with Crippen LogP contribution in [0.2, 0.25) is 0 Å². The van der Waals surface area contributed by atoms with E-state index in [1.165, 1.54) is 0 Å². The molecule has 0 spiro atoms. The van der Waals surface area contributed by atoms with E-state index in [1.54, 1.807) is 24.5 Å². The Kier molecular flexibility index (Phi) is 4.77. The number of thiazole rings is 1. The molecule has 0 bridgehead atoms. The zero-order chi connectivity index (χ0) is 16.9. The van der Waals surface area contributed by atoms with Gasteiger partial charge in [0.2, 0.25) is 11.8 Å². The third-order valence-electron chi connectivity index (χ3n) is 2.58. The van der Waals surface area contributed by atoms with Crippen molar-refractivity contribution >= 4 is 39.1 Å². The van der Waals surface area contributed by atoms with Gasteiger partial charge in [-0.15, -0.1) is 10.2 Å². The molecule has 0 aliphatic heterocycles. The van der Waals surface area contributed by atoms with Gasteiger partial charge in [0.25, 0.3) is 5.22 Å². The van der Waals surface area contributed by atoms with Gasteiger partial charge in [-0.1, -0.05) is 11.8 Å². The standard InChI is InChI=1S/C12H8N6O4S2/c19-8(15-11-14-5-9(24-11)18(20)21)6-23-12-17-16-10(22-12)7-1-3-13-4-2-7/h1-5H,6H2,(H,14,15,19). The molecule has 0 saturated heterocycles. The Morgan fingerprint density at radius 3 is 2.88 bits per heavy atom. The summed E-state index contributed by atoms with van der Waals surface area (Å²) in [6.07, 6.45) is 4.30. The molecule has 10 nitrogen and oxygen atoms in total. The van der Waals surface area contributed by atoms with Gasteiger partial charge in [-0.3, -0.25) is 19.9 Å². The summed E-state index contributed by atoms with van der Waals surface area (Å²) in [5, 5.41) is 21.0. The van der Waals surface area contributed by atoms with Crippen LogP contribution >= 0.6 is 23.1 Å². The maximum atomic E-state index is 11.8. The lowest BCUT2D eigenvalue weighted by atomic mass is 10.3. The molecule has 0 unspecified atom stereocenters. The summed E-state index contributed by atoms with van der Waals surface area (Å²) < 4.78 is 5.44. The number of hydrogen-bond donors (Lipinski definition) is 1. The molecular weight excluding hydrogens is 356 g/mol. The van der Waals surface area contributed by atoms with Crippen LogP contribution in [0.25, 0.3) is 11.5 Å². The molecule has 3 rings (SSSR count). The van der Waals surface area contributed by atoms with E-state index >= 15 is 0 Å². The predicted molar refractivity (Wildman–Crippen MR) is 85.7 cm³/mol. The van der Waals surface area contributed by atoms with Crippen LogP contribution in [0.15, 0.2) is 40.4 Å². The highest BCUT2D eigenvalue weighted by molar-refractivity contribution is 7.99. The zero-order valence-corrected chi connectivity index (χ0v) is 13.4. The molecule has 1 amide bonds. The van der Waals surface area contributed by atoms with Gasteiger partial charge in [-0.05, 0) is 23.5 Å². The molecule has 122 valence electrons. The van der Waals surface area contributed by atoms with Gasteiger partial charge in [0.1, 0.15) is 6.20 Å². The number of nitro groups is 1. The van der Waals surface area contributed by atoms with Gasteiger partial charge < -0.3 is 9.73 Å². The minimum Gasteiger partial charge on any atom is -0.411 e. The summed E-state index contributed by atoms with van der Waals surface area (Å²) in [6.45, 7) is 0. The first-order chi connectivity index (χ1) is 11.6. The number of aromatic nitrogens is 4. The van der Waals surface area contributed by atoms with Crippen LogP contribution < -0.4 is 5.32 Å². The Hall–Kier alpha value is -2.86. The van der Waals surface area contributed by atoms with E-state index in [0.29, 0.717) is 5.89 Å². The number of amides is 1. The molecule has 3 heterocycles. The number of pyridine rings is 1. The summed E-state index contributed by atoms with van der Waals surface area (Å²) in [7, 11) is 0. The molecule has 12 heteroatoms. The van der Waals surface area contributed by atoms with Crippen LogP contribution in [0.1, 0.15) is 0 Å². The molecular formula is C12H8N6O4S2. The third kappa shape index (κ3) is 3.91. The van der Waals surface area contributed by atoms with Crippen molar-refractivity contribution in [2.75, 3.05) is 11.1 Å². The average molecular weight is 364 g/mol. The van der Waals surface area contributed by atoms with Crippen molar-refractivity contribution in [3.63, 3.8) is 0 Å². The second-order valence-electron chi connectivity index (χ2n) is 4.21. The number of nitrogens with zero attached hydrogens (tertiary/aromatic N) is 5. The van der Waals surface area contributed by atoms with E-state index in [2.05, 4.69) is 25.5 Å². The highest BCUT2D eigenvalue weighted by atomic mass is 32.2.